The van der Waals surface area contributed by atoms with Crippen LogP contribution in [0.4, 0.5) is 0 Å². The van der Waals surface area contributed by atoms with Crippen LogP contribution in [-0.2, 0) is 0 Å². The lowest BCUT2D eigenvalue weighted by molar-refractivity contribution is 0.0401. The van der Waals surface area contributed by atoms with Gasteiger partial charge in [-0.1, -0.05) is 13.8 Å². The van der Waals surface area contributed by atoms with Crippen LogP contribution in [0.15, 0.2) is 0 Å². The SMILES string of the molecule is CC1CCNC2C1CCC1C(C)CCNC12. The van der Waals surface area contributed by atoms with Crippen molar-refractivity contribution in [1.82, 2.24) is 10.6 Å². The number of fused-ring (bicyclic) bond motifs is 3. The summed E-state index contributed by atoms with van der Waals surface area (Å²) in [7, 11) is 0. The van der Waals surface area contributed by atoms with Crippen molar-refractivity contribution in [1.29, 1.82) is 0 Å². The Hall–Kier alpha value is -0.0800. The highest BCUT2D eigenvalue weighted by atomic mass is 15.1. The summed E-state index contributed by atoms with van der Waals surface area (Å²) < 4.78 is 0. The van der Waals surface area contributed by atoms with Gasteiger partial charge in [0.2, 0.25) is 0 Å². The van der Waals surface area contributed by atoms with Gasteiger partial charge in [0.25, 0.3) is 0 Å². The van der Waals surface area contributed by atoms with Crippen LogP contribution in [0, 0.1) is 23.7 Å². The number of hydrogen-bond donors (Lipinski definition) is 2. The van der Waals surface area contributed by atoms with E-state index in [1.54, 1.807) is 0 Å². The van der Waals surface area contributed by atoms with E-state index < -0.39 is 0 Å². The van der Waals surface area contributed by atoms with Gasteiger partial charge in [0.05, 0.1) is 0 Å². The maximum atomic E-state index is 3.81. The second kappa shape index (κ2) is 4.30. The smallest absolute Gasteiger partial charge is 0.0254 e. The van der Waals surface area contributed by atoms with Gasteiger partial charge in [0, 0.05) is 12.1 Å². The van der Waals surface area contributed by atoms with Gasteiger partial charge in [-0.25, -0.2) is 0 Å². The number of hydrogen-bond acceptors (Lipinski definition) is 2. The van der Waals surface area contributed by atoms with E-state index in [4.69, 9.17) is 0 Å². The molecule has 1 aliphatic carbocycles. The van der Waals surface area contributed by atoms with Gasteiger partial charge >= 0.3 is 0 Å². The molecule has 2 heteroatoms. The van der Waals surface area contributed by atoms with E-state index in [1.807, 2.05) is 0 Å². The molecule has 0 bridgehead atoms. The second-order valence-electron chi connectivity index (χ2n) is 6.40. The molecule has 2 N–H and O–H groups in total. The molecule has 2 nitrogen and oxygen atoms in total. The molecule has 92 valence electrons. The Morgan fingerprint density at radius 3 is 1.56 bits per heavy atom. The van der Waals surface area contributed by atoms with Crippen molar-refractivity contribution in [2.24, 2.45) is 23.7 Å². The quantitative estimate of drug-likeness (QED) is 0.655. The standard InChI is InChI=1S/C14H26N2/c1-9-5-7-15-13-11(9)3-4-12-10(2)6-8-16-14(12)13/h9-16H,3-8H2,1-2H3. The van der Waals surface area contributed by atoms with Crippen LogP contribution in [0.2, 0.25) is 0 Å². The van der Waals surface area contributed by atoms with Gasteiger partial charge in [-0.2, -0.15) is 0 Å². The molecular formula is C14H26N2. The Morgan fingerprint density at radius 2 is 1.12 bits per heavy atom. The minimum Gasteiger partial charge on any atom is -0.312 e. The number of piperidine rings is 2. The van der Waals surface area contributed by atoms with Crippen LogP contribution < -0.4 is 10.6 Å². The van der Waals surface area contributed by atoms with Crippen LogP contribution in [0.25, 0.3) is 0 Å². The number of rotatable bonds is 0. The van der Waals surface area contributed by atoms with Crippen molar-refractivity contribution < 1.29 is 0 Å². The third-order valence-electron chi connectivity index (χ3n) is 5.56. The van der Waals surface area contributed by atoms with Gasteiger partial charge in [-0.05, 0) is 62.4 Å². The van der Waals surface area contributed by atoms with E-state index in [0.717, 1.165) is 35.8 Å². The number of nitrogens with one attached hydrogen (secondary N) is 2. The Labute approximate surface area is 99.6 Å². The highest BCUT2D eigenvalue weighted by Crippen LogP contribution is 2.42. The predicted octanol–water partition coefficient (Wildman–Crippen LogP) is 2.01. The third kappa shape index (κ3) is 1.70. The molecule has 2 heterocycles. The van der Waals surface area contributed by atoms with Gasteiger partial charge in [-0.15, -0.1) is 0 Å². The van der Waals surface area contributed by atoms with Crippen LogP contribution >= 0.6 is 0 Å². The van der Waals surface area contributed by atoms with E-state index in [1.165, 1.54) is 38.8 Å². The normalized spacial score (nSPS) is 52.9. The van der Waals surface area contributed by atoms with Crippen LogP contribution in [0.1, 0.15) is 39.5 Å². The van der Waals surface area contributed by atoms with Crippen molar-refractivity contribution in [3.63, 3.8) is 0 Å². The molecule has 0 radical (unpaired) electrons. The molecule has 6 atom stereocenters. The van der Waals surface area contributed by atoms with Crippen LogP contribution in [0.5, 0.6) is 0 Å². The second-order valence-corrected chi connectivity index (χ2v) is 6.40. The first-order valence-corrected chi connectivity index (χ1v) is 7.24. The monoisotopic (exact) mass is 222 g/mol. The lowest BCUT2D eigenvalue weighted by Gasteiger charge is -2.52. The van der Waals surface area contributed by atoms with Crippen molar-refractivity contribution in [3.05, 3.63) is 0 Å². The van der Waals surface area contributed by atoms with E-state index in [0.29, 0.717) is 0 Å². The molecule has 3 fully saturated rings. The first-order valence-electron chi connectivity index (χ1n) is 7.24. The lowest BCUT2D eigenvalue weighted by atomic mass is 9.63. The van der Waals surface area contributed by atoms with Crippen molar-refractivity contribution in [3.8, 4) is 0 Å². The summed E-state index contributed by atoms with van der Waals surface area (Å²) in [5.74, 6) is 3.75. The molecule has 0 spiro atoms. The van der Waals surface area contributed by atoms with Crippen molar-refractivity contribution in [2.75, 3.05) is 13.1 Å². The van der Waals surface area contributed by atoms with Gasteiger partial charge < -0.3 is 10.6 Å². The molecule has 6 unspecified atom stereocenters. The maximum absolute atomic E-state index is 3.81. The average molecular weight is 222 g/mol. The summed E-state index contributed by atoms with van der Waals surface area (Å²) in [6, 6.07) is 1.54. The maximum Gasteiger partial charge on any atom is 0.0254 e. The van der Waals surface area contributed by atoms with Gasteiger partial charge in [0.1, 0.15) is 0 Å². The van der Waals surface area contributed by atoms with Gasteiger partial charge in [0.15, 0.2) is 0 Å². The minimum absolute atomic E-state index is 0.769. The summed E-state index contributed by atoms with van der Waals surface area (Å²) in [6.45, 7) is 7.40. The van der Waals surface area contributed by atoms with E-state index in [9.17, 15) is 0 Å². The zero-order valence-corrected chi connectivity index (χ0v) is 10.7. The first-order chi connectivity index (χ1) is 7.77. The highest BCUT2D eigenvalue weighted by Gasteiger charge is 2.45. The van der Waals surface area contributed by atoms with Crippen molar-refractivity contribution in [2.45, 2.75) is 51.6 Å². The molecule has 0 aromatic rings. The van der Waals surface area contributed by atoms with E-state index >= 15 is 0 Å². The fourth-order valence-corrected chi connectivity index (χ4v) is 4.49. The van der Waals surface area contributed by atoms with Crippen LogP contribution in [-0.4, -0.2) is 25.2 Å². The molecular weight excluding hydrogens is 196 g/mol. The summed E-state index contributed by atoms with van der Waals surface area (Å²) >= 11 is 0. The molecule has 0 aromatic carbocycles. The Bertz CT molecular complexity index is 227. The largest absolute Gasteiger partial charge is 0.312 e. The first kappa shape index (κ1) is 11.0. The average Bonchev–Trinajstić information content (AvgIpc) is 2.30. The lowest BCUT2D eigenvalue weighted by Crippen LogP contribution is -2.64. The third-order valence-corrected chi connectivity index (χ3v) is 5.56. The molecule has 0 amide bonds. The summed E-state index contributed by atoms with van der Waals surface area (Å²) in [4.78, 5) is 0. The molecule has 16 heavy (non-hydrogen) atoms. The fourth-order valence-electron chi connectivity index (χ4n) is 4.49. The Kier molecular flexibility index (Phi) is 2.97. The summed E-state index contributed by atoms with van der Waals surface area (Å²) in [5.41, 5.74) is 0. The summed E-state index contributed by atoms with van der Waals surface area (Å²) in [5, 5.41) is 7.62. The van der Waals surface area contributed by atoms with Gasteiger partial charge in [-0.3, -0.25) is 0 Å². The minimum atomic E-state index is 0.769. The molecule has 1 saturated carbocycles. The zero-order valence-electron chi connectivity index (χ0n) is 10.7. The highest BCUT2D eigenvalue weighted by molar-refractivity contribution is 5.02. The topological polar surface area (TPSA) is 24.1 Å². The molecule has 0 aromatic heterocycles. The fraction of sp³-hybridized carbons (Fsp3) is 1.00. The van der Waals surface area contributed by atoms with Crippen molar-refractivity contribution >= 4 is 0 Å². The van der Waals surface area contributed by atoms with Crippen LogP contribution in [0.3, 0.4) is 0 Å². The molecule has 2 saturated heterocycles. The zero-order chi connectivity index (χ0) is 11.1. The van der Waals surface area contributed by atoms with E-state index in [2.05, 4.69) is 24.5 Å². The predicted molar refractivity (Wildman–Crippen MR) is 67.4 cm³/mol. The molecule has 3 aliphatic rings. The molecule has 2 aliphatic heterocycles. The molecule has 3 rings (SSSR count). The van der Waals surface area contributed by atoms with E-state index in [-0.39, 0.29) is 0 Å². The summed E-state index contributed by atoms with van der Waals surface area (Å²) in [6.07, 6.45) is 5.69. The Morgan fingerprint density at radius 1 is 0.688 bits per heavy atom. The Balaban J connectivity index is 1.78.